The van der Waals surface area contributed by atoms with E-state index in [1.807, 2.05) is 63.2 Å². The molecule has 0 aliphatic rings. The number of rotatable bonds is 6. The topological polar surface area (TPSA) is 58.2 Å². The first-order valence-electron chi connectivity index (χ1n) is 8.21. The highest BCUT2D eigenvalue weighted by Gasteiger charge is 2.10. The van der Waals surface area contributed by atoms with E-state index in [1.54, 1.807) is 6.07 Å². The van der Waals surface area contributed by atoms with Gasteiger partial charge >= 0.3 is 0 Å². The number of nitrogens with one attached hydrogen (secondary N) is 2. The Labute approximate surface area is 143 Å². The second kappa shape index (κ2) is 8.29. The maximum atomic E-state index is 12.2. The van der Waals surface area contributed by atoms with Gasteiger partial charge in [0.1, 0.15) is 0 Å². The molecule has 0 saturated heterocycles. The predicted octanol–water partition coefficient (Wildman–Crippen LogP) is 4.16. The molecule has 0 heterocycles. The summed E-state index contributed by atoms with van der Waals surface area (Å²) in [4.78, 5) is 24.0. The van der Waals surface area contributed by atoms with Gasteiger partial charge in [0.05, 0.1) is 0 Å². The molecule has 126 valence electrons. The van der Waals surface area contributed by atoms with Crippen LogP contribution in [-0.2, 0) is 16.0 Å². The Hall–Kier alpha value is -2.62. The number of hydrogen-bond donors (Lipinski definition) is 2. The number of aryl methyl sites for hydroxylation is 2. The number of hydrogen-bond acceptors (Lipinski definition) is 2. The molecule has 0 unspecified atom stereocenters. The smallest absolute Gasteiger partial charge is 0.226 e. The van der Waals surface area contributed by atoms with E-state index in [-0.39, 0.29) is 17.7 Å². The fraction of sp³-hybridized carbons (Fsp3) is 0.300. The van der Waals surface area contributed by atoms with E-state index in [9.17, 15) is 9.59 Å². The molecule has 0 aliphatic carbocycles. The highest BCUT2D eigenvalue weighted by atomic mass is 16.2. The minimum absolute atomic E-state index is 0.0331. The molecule has 0 bridgehead atoms. The molecule has 2 N–H and O–H groups in total. The van der Waals surface area contributed by atoms with Crippen LogP contribution < -0.4 is 10.6 Å². The molecule has 2 aromatic carbocycles. The molecule has 2 aromatic rings. The van der Waals surface area contributed by atoms with Gasteiger partial charge in [-0.2, -0.15) is 0 Å². The van der Waals surface area contributed by atoms with Crippen LogP contribution in [0, 0.1) is 12.8 Å². The van der Waals surface area contributed by atoms with Crippen LogP contribution in [0.1, 0.15) is 31.4 Å². The first-order chi connectivity index (χ1) is 11.5. The van der Waals surface area contributed by atoms with Gasteiger partial charge in [0.25, 0.3) is 0 Å². The van der Waals surface area contributed by atoms with Gasteiger partial charge in [-0.15, -0.1) is 0 Å². The van der Waals surface area contributed by atoms with Crippen molar-refractivity contribution in [2.24, 2.45) is 5.92 Å². The van der Waals surface area contributed by atoms with Crippen molar-refractivity contribution in [3.63, 3.8) is 0 Å². The summed E-state index contributed by atoms with van der Waals surface area (Å²) in [5, 5.41) is 5.78. The van der Waals surface area contributed by atoms with E-state index < -0.39 is 0 Å². The van der Waals surface area contributed by atoms with E-state index in [0.29, 0.717) is 18.5 Å². The number of carbonyl (C=O) groups is 2. The molecule has 2 rings (SSSR count). The fourth-order valence-electron chi connectivity index (χ4n) is 2.24. The molecule has 4 heteroatoms. The Morgan fingerprint density at radius 2 is 1.71 bits per heavy atom. The average molecular weight is 324 g/mol. The molecule has 0 aromatic heterocycles. The molecular weight excluding hydrogens is 300 g/mol. The summed E-state index contributed by atoms with van der Waals surface area (Å²) < 4.78 is 0. The van der Waals surface area contributed by atoms with Gasteiger partial charge in [-0.05, 0) is 36.6 Å². The van der Waals surface area contributed by atoms with Gasteiger partial charge in [0.2, 0.25) is 11.8 Å². The number of amides is 2. The molecule has 24 heavy (non-hydrogen) atoms. The van der Waals surface area contributed by atoms with Crippen molar-refractivity contribution in [1.29, 1.82) is 0 Å². The Balaban J connectivity index is 1.97. The zero-order valence-electron chi connectivity index (χ0n) is 14.4. The summed E-state index contributed by atoms with van der Waals surface area (Å²) in [5.41, 5.74) is 3.53. The first kappa shape index (κ1) is 17.7. The van der Waals surface area contributed by atoms with Crippen LogP contribution in [0.25, 0.3) is 0 Å². The van der Waals surface area contributed by atoms with E-state index in [4.69, 9.17) is 0 Å². The van der Waals surface area contributed by atoms with Gasteiger partial charge in [-0.1, -0.05) is 50.2 Å². The Morgan fingerprint density at radius 1 is 1.00 bits per heavy atom. The van der Waals surface area contributed by atoms with Crippen LogP contribution >= 0.6 is 0 Å². The summed E-state index contributed by atoms with van der Waals surface area (Å²) in [6.07, 6.45) is 1.13. The summed E-state index contributed by atoms with van der Waals surface area (Å²) >= 11 is 0. The van der Waals surface area contributed by atoms with Crippen LogP contribution in [0.5, 0.6) is 0 Å². The third-order valence-electron chi connectivity index (χ3n) is 3.79. The van der Waals surface area contributed by atoms with Crippen LogP contribution in [0.15, 0.2) is 48.5 Å². The Bertz CT molecular complexity index is 709. The van der Waals surface area contributed by atoms with Crippen molar-refractivity contribution in [3.05, 3.63) is 59.7 Å². The maximum absolute atomic E-state index is 12.2. The van der Waals surface area contributed by atoms with Crippen molar-refractivity contribution in [3.8, 4) is 0 Å². The Kier molecular flexibility index (Phi) is 6.13. The summed E-state index contributed by atoms with van der Waals surface area (Å²) in [7, 11) is 0. The first-order valence-corrected chi connectivity index (χ1v) is 8.21. The van der Waals surface area contributed by atoms with Crippen molar-refractivity contribution in [1.82, 2.24) is 0 Å². The number of carbonyl (C=O) groups excluding carboxylic acids is 2. The second-order valence-corrected chi connectivity index (χ2v) is 6.21. The van der Waals surface area contributed by atoms with Gasteiger partial charge in [-0.3, -0.25) is 9.59 Å². The average Bonchev–Trinajstić information content (AvgIpc) is 2.57. The van der Waals surface area contributed by atoms with Crippen LogP contribution in [0.4, 0.5) is 11.4 Å². The molecule has 2 amide bonds. The SMILES string of the molecule is Cc1ccc(NC(=O)C(C)C)cc1NC(=O)CCc1ccccc1. The van der Waals surface area contributed by atoms with Gasteiger partial charge in [-0.25, -0.2) is 0 Å². The minimum Gasteiger partial charge on any atom is -0.326 e. The molecule has 0 saturated carbocycles. The van der Waals surface area contributed by atoms with Crippen molar-refractivity contribution < 1.29 is 9.59 Å². The standard InChI is InChI=1S/C20H24N2O2/c1-14(2)20(24)21-17-11-9-15(3)18(13-17)22-19(23)12-10-16-7-5-4-6-8-16/h4-9,11,13-14H,10,12H2,1-3H3,(H,21,24)(H,22,23). The van der Waals surface area contributed by atoms with E-state index in [2.05, 4.69) is 10.6 Å². The second-order valence-electron chi connectivity index (χ2n) is 6.21. The van der Waals surface area contributed by atoms with Gasteiger partial charge in [0, 0.05) is 23.7 Å². The summed E-state index contributed by atoms with van der Waals surface area (Å²) in [5.74, 6) is -0.162. The van der Waals surface area contributed by atoms with Crippen LogP contribution in [0.2, 0.25) is 0 Å². The largest absolute Gasteiger partial charge is 0.326 e. The van der Waals surface area contributed by atoms with E-state index >= 15 is 0 Å². The molecule has 0 atom stereocenters. The number of anilines is 2. The summed E-state index contributed by atoms with van der Waals surface area (Å²) in [6.45, 7) is 5.62. The van der Waals surface area contributed by atoms with Crippen molar-refractivity contribution in [2.75, 3.05) is 10.6 Å². The molecule has 0 radical (unpaired) electrons. The van der Waals surface area contributed by atoms with E-state index in [0.717, 1.165) is 16.8 Å². The lowest BCUT2D eigenvalue weighted by molar-refractivity contribution is -0.119. The lowest BCUT2D eigenvalue weighted by atomic mass is 10.1. The van der Waals surface area contributed by atoms with Crippen molar-refractivity contribution >= 4 is 23.2 Å². The monoisotopic (exact) mass is 324 g/mol. The normalized spacial score (nSPS) is 10.5. The lowest BCUT2D eigenvalue weighted by Crippen LogP contribution is -2.18. The predicted molar refractivity (Wildman–Crippen MR) is 98.0 cm³/mol. The quantitative estimate of drug-likeness (QED) is 0.838. The van der Waals surface area contributed by atoms with Gasteiger partial charge < -0.3 is 10.6 Å². The third kappa shape index (κ3) is 5.23. The molecule has 0 fully saturated rings. The molecule has 4 nitrogen and oxygen atoms in total. The summed E-state index contributed by atoms with van der Waals surface area (Å²) in [6, 6.07) is 15.5. The third-order valence-corrected chi connectivity index (χ3v) is 3.79. The van der Waals surface area contributed by atoms with Crippen LogP contribution in [0.3, 0.4) is 0 Å². The minimum atomic E-state index is -0.0878. The van der Waals surface area contributed by atoms with Crippen LogP contribution in [-0.4, -0.2) is 11.8 Å². The number of benzene rings is 2. The highest BCUT2D eigenvalue weighted by molar-refractivity contribution is 5.95. The molecular formula is C20H24N2O2. The highest BCUT2D eigenvalue weighted by Crippen LogP contribution is 2.21. The zero-order chi connectivity index (χ0) is 17.5. The Morgan fingerprint density at radius 3 is 2.38 bits per heavy atom. The fourth-order valence-corrected chi connectivity index (χ4v) is 2.24. The molecule has 0 spiro atoms. The molecule has 0 aliphatic heterocycles. The maximum Gasteiger partial charge on any atom is 0.226 e. The van der Waals surface area contributed by atoms with Crippen molar-refractivity contribution in [2.45, 2.75) is 33.6 Å². The lowest BCUT2D eigenvalue weighted by Gasteiger charge is -2.12. The van der Waals surface area contributed by atoms with E-state index in [1.165, 1.54) is 0 Å². The zero-order valence-corrected chi connectivity index (χ0v) is 14.4. The van der Waals surface area contributed by atoms with Gasteiger partial charge in [0.15, 0.2) is 0 Å².